The van der Waals surface area contributed by atoms with Crippen molar-refractivity contribution in [3.63, 3.8) is 0 Å². The Morgan fingerprint density at radius 1 is 1.17 bits per heavy atom. The minimum absolute atomic E-state index is 0.488. The van der Waals surface area contributed by atoms with Crippen molar-refractivity contribution in [1.82, 2.24) is 0 Å². The summed E-state index contributed by atoms with van der Waals surface area (Å²) >= 11 is 0. The minimum atomic E-state index is 0.488. The molecule has 0 fully saturated rings. The van der Waals surface area contributed by atoms with Crippen LogP contribution in [-0.2, 0) is 0 Å². The third-order valence-corrected chi connectivity index (χ3v) is 1.53. The summed E-state index contributed by atoms with van der Waals surface area (Å²) in [6.45, 7) is 0. The Morgan fingerprint density at radius 3 is 2.75 bits per heavy atom. The van der Waals surface area contributed by atoms with Crippen LogP contribution in [0.3, 0.4) is 0 Å². The maximum Gasteiger partial charge on any atom is 0.186 e. The zero-order valence-electron chi connectivity index (χ0n) is 6.15. The van der Waals surface area contributed by atoms with E-state index in [2.05, 4.69) is 0 Å². The van der Waals surface area contributed by atoms with Crippen molar-refractivity contribution in [1.29, 1.82) is 5.26 Å². The molecule has 0 saturated carbocycles. The lowest BCUT2D eigenvalue weighted by Gasteiger charge is -1.88. The lowest BCUT2D eigenvalue weighted by atomic mass is 10.2. The molecule has 0 aliphatic carbocycles. The first-order valence-corrected chi connectivity index (χ1v) is 3.43. The smallest absolute Gasteiger partial charge is 0.186 e. The van der Waals surface area contributed by atoms with Gasteiger partial charge in [-0.3, -0.25) is 0 Å². The third kappa shape index (κ3) is 0.903. The van der Waals surface area contributed by atoms with Gasteiger partial charge in [0.05, 0.1) is 12.5 Å². The molecule has 0 amide bonds. The van der Waals surface area contributed by atoms with Gasteiger partial charge >= 0.3 is 0 Å². The monoisotopic (exact) mass is 159 g/mol. The average Bonchev–Trinajstić information content (AvgIpc) is 2.74. The average molecular weight is 159 g/mol. The molecule has 58 valence electrons. The van der Waals surface area contributed by atoms with E-state index in [0.717, 1.165) is 0 Å². The lowest BCUT2D eigenvalue weighted by Crippen LogP contribution is -1.72. The molecule has 2 aromatic rings. The molecule has 0 saturated heterocycles. The fraction of sp³-hybridized carbons (Fsp3) is 0. The van der Waals surface area contributed by atoms with E-state index in [1.165, 1.54) is 6.26 Å². The second-order valence-electron chi connectivity index (χ2n) is 2.25. The fourth-order valence-corrected chi connectivity index (χ4v) is 0.996. The van der Waals surface area contributed by atoms with Gasteiger partial charge in [0.15, 0.2) is 11.5 Å². The SMILES string of the molecule is N#Cc1ccoc1-c1ccco1. The van der Waals surface area contributed by atoms with E-state index in [0.29, 0.717) is 17.1 Å². The Kier molecular flexibility index (Phi) is 1.45. The number of rotatable bonds is 1. The van der Waals surface area contributed by atoms with Gasteiger partial charge in [-0.15, -0.1) is 0 Å². The van der Waals surface area contributed by atoms with E-state index < -0.39 is 0 Å². The maximum atomic E-state index is 8.65. The number of furan rings is 2. The molecule has 0 spiro atoms. The number of hydrogen-bond donors (Lipinski definition) is 0. The van der Waals surface area contributed by atoms with Crippen LogP contribution in [0.5, 0.6) is 0 Å². The summed E-state index contributed by atoms with van der Waals surface area (Å²) < 4.78 is 10.2. The van der Waals surface area contributed by atoms with Gasteiger partial charge in [0.2, 0.25) is 0 Å². The van der Waals surface area contributed by atoms with Gasteiger partial charge in [0.1, 0.15) is 11.6 Å². The molecule has 0 unspecified atom stereocenters. The van der Waals surface area contributed by atoms with Crippen LogP contribution in [0.2, 0.25) is 0 Å². The molecule has 2 aromatic heterocycles. The molecule has 2 rings (SSSR count). The predicted octanol–water partition coefficient (Wildman–Crippen LogP) is 2.41. The van der Waals surface area contributed by atoms with E-state index >= 15 is 0 Å². The van der Waals surface area contributed by atoms with Crippen LogP contribution in [0.4, 0.5) is 0 Å². The Bertz CT molecular complexity index is 406. The predicted molar refractivity (Wildman–Crippen MR) is 41.1 cm³/mol. The summed E-state index contributed by atoms with van der Waals surface area (Å²) in [7, 11) is 0. The van der Waals surface area contributed by atoms with Crippen molar-refractivity contribution < 1.29 is 8.83 Å². The quantitative estimate of drug-likeness (QED) is 0.641. The summed E-state index contributed by atoms with van der Waals surface area (Å²) in [5.74, 6) is 1.07. The first kappa shape index (κ1) is 6.74. The molecule has 0 aliphatic heterocycles. The topological polar surface area (TPSA) is 50.1 Å². The third-order valence-electron chi connectivity index (χ3n) is 1.53. The summed E-state index contributed by atoms with van der Waals surface area (Å²) in [4.78, 5) is 0. The van der Waals surface area contributed by atoms with Crippen LogP contribution >= 0.6 is 0 Å². The van der Waals surface area contributed by atoms with Crippen molar-refractivity contribution in [2.24, 2.45) is 0 Å². The van der Waals surface area contributed by atoms with E-state index in [1.54, 1.807) is 24.5 Å². The molecule has 2 heterocycles. The van der Waals surface area contributed by atoms with Crippen LogP contribution in [-0.4, -0.2) is 0 Å². The van der Waals surface area contributed by atoms with E-state index in [-0.39, 0.29) is 0 Å². The van der Waals surface area contributed by atoms with Crippen molar-refractivity contribution in [3.8, 4) is 17.6 Å². The zero-order chi connectivity index (χ0) is 8.39. The molecule has 12 heavy (non-hydrogen) atoms. The molecule has 0 aromatic carbocycles. The van der Waals surface area contributed by atoms with Gasteiger partial charge in [-0.05, 0) is 18.2 Å². The number of hydrogen-bond acceptors (Lipinski definition) is 3. The van der Waals surface area contributed by atoms with Crippen LogP contribution in [0.25, 0.3) is 11.5 Å². The van der Waals surface area contributed by atoms with Crippen molar-refractivity contribution in [2.45, 2.75) is 0 Å². The second-order valence-corrected chi connectivity index (χ2v) is 2.25. The summed E-state index contributed by atoms with van der Waals surface area (Å²) in [6.07, 6.45) is 3.01. The van der Waals surface area contributed by atoms with E-state index in [1.807, 2.05) is 6.07 Å². The van der Waals surface area contributed by atoms with Gasteiger partial charge in [0, 0.05) is 0 Å². The molecule has 0 atom stereocenters. The summed E-state index contributed by atoms with van der Waals surface area (Å²) in [5.41, 5.74) is 0.491. The van der Waals surface area contributed by atoms with Crippen LogP contribution < -0.4 is 0 Å². The Balaban J connectivity index is 2.55. The zero-order valence-corrected chi connectivity index (χ0v) is 6.15. The van der Waals surface area contributed by atoms with Crippen LogP contribution in [0.15, 0.2) is 39.6 Å². The lowest BCUT2D eigenvalue weighted by molar-refractivity contribution is 0.524. The highest BCUT2D eigenvalue weighted by atomic mass is 16.4. The van der Waals surface area contributed by atoms with E-state index in [9.17, 15) is 0 Å². The summed E-state index contributed by atoms with van der Waals surface area (Å²) in [5, 5.41) is 8.65. The largest absolute Gasteiger partial charge is 0.461 e. The molecular formula is C9H5NO2. The van der Waals surface area contributed by atoms with Gasteiger partial charge in [0.25, 0.3) is 0 Å². The highest BCUT2D eigenvalue weighted by Crippen LogP contribution is 2.24. The molecule has 0 bridgehead atoms. The summed E-state index contributed by atoms with van der Waals surface area (Å²) in [6, 6.07) is 7.12. The normalized spacial score (nSPS) is 9.58. The molecule has 0 aliphatic rings. The minimum Gasteiger partial charge on any atom is -0.461 e. The Hall–Kier alpha value is -1.95. The number of nitrogens with zero attached hydrogens (tertiary/aromatic N) is 1. The van der Waals surface area contributed by atoms with Crippen molar-refractivity contribution in [2.75, 3.05) is 0 Å². The van der Waals surface area contributed by atoms with Gasteiger partial charge in [-0.2, -0.15) is 5.26 Å². The highest BCUT2D eigenvalue weighted by Gasteiger charge is 2.09. The van der Waals surface area contributed by atoms with Crippen LogP contribution in [0, 0.1) is 11.3 Å². The first-order chi connectivity index (χ1) is 5.92. The van der Waals surface area contributed by atoms with Gasteiger partial charge < -0.3 is 8.83 Å². The first-order valence-electron chi connectivity index (χ1n) is 3.43. The Labute approximate surface area is 68.8 Å². The Morgan fingerprint density at radius 2 is 2.08 bits per heavy atom. The van der Waals surface area contributed by atoms with Crippen LogP contribution in [0.1, 0.15) is 5.56 Å². The standard InChI is InChI=1S/C9H5NO2/c10-6-7-3-5-12-9(7)8-2-1-4-11-8/h1-5H. The maximum absolute atomic E-state index is 8.65. The van der Waals surface area contributed by atoms with Gasteiger partial charge in [-0.25, -0.2) is 0 Å². The van der Waals surface area contributed by atoms with E-state index in [4.69, 9.17) is 14.1 Å². The second kappa shape index (κ2) is 2.59. The fourth-order valence-electron chi connectivity index (χ4n) is 0.996. The molecule has 0 radical (unpaired) electrons. The highest BCUT2D eigenvalue weighted by molar-refractivity contribution is 5.59. The molecule has 0 N–H and O–H groups in total. The number of nitriles is 1. The molecular weight excluding hydrogens is 154 g/mol. The molecule has 3 heteroatoms. The van der Waals surface area contributed by atoms with Gasteiger partial charge in [-0.1, -0.05) is 0 Å². The molecule has 3 nitrogen and oxygen atoms in total. The van der Waals surface area contributed by atoms with Crippen molar-refractivity contribution >= 4 is 0 Å². The van der Waals surface area contributed by atoms with Crippen molar-refractivity contribution in [3.05, 3.63) is 36.3 Å².